The maximum Gasteiger partial charge on any atom is 0.330 e. The van der Waals surface area contributed by atoms with E-state index in [4.69, 9.17) is 19.3 Å². The smallest absolute Gasteiger partial charge is 0.330 e. The van der Waals surface area contributed by atoms with E-state index in [-0.39, 0.29) is 12.6 Å². The molecule has 13 heteroatoms. The third kappa shape index (κ3) is 9.48. The number of esters is 1. The number of carbonyl (C=O) groups excluding carboxylic acids is 1. The van der Waals surface area contributed by atoms with Crippen molar-refractivity contribution < 1.29 is 32.1 Å². The van der Waals surface area contributed by atoms with Gasteiger partial charge in [-0.25, -0.2) is 13.6 Å². The molecule has 3 rings (SSSR count). The minimum atomic E-state index is -3.31. The van der Waals surface area contributed by atoms with E-state index < -0.39 is 44.5 Å². The number of H-pyrrole nitrogens is 1. The van der Waals surface area contributed by atoms with Crippen molar-refractivity contribution in [1.82, 2.24) is 9.55 Å². The van der Waals surface area contributed by atoms with Gasteiger partial charge in [-0.3, -0.25) is 24.6 Å². The summed E-state index contributed by atoms with van der Waals surface area (Å²) in [5.74, 6) is -2.34. The van der Waals surface area contributed by atoms with Gasteiger partial charge in [0.2, 0.25) is 6.23 Å². The molecule has 0 aliphatic carbocycles. The summed E-state index contributed by atoms with van der Waals surface area (Å²) in [5, 5.41) is 0. The zero-order valence-electron chi connectivity index (χ0n) is 19.7. The van der Waals surface area contributed by atoms with Crippen LogP contribution in [0.1, 0.15) is 39.3 Å². The Morgan fingerprint density at radius 2 is 1.97 bits per heavy atom. The average molecular weight is 517 g/mol. The molecule has 1 aliphatic rings. The number of nitrogens with two attached hydrogens (primary N) is 1. The number of hydrogen-bond donors (Lipinski definition) is 2. The Bertz CT molecular complexity index is 1050. The molecule has 35 heavy (non-hydrogen) atoms. The predicted molar refractivity (Wildman–Crippen MR) is 125 cm³/mol. The SMILES string of the molecule is COC(=O)CCC(C)C.NP(OC[C@@H]1CC(F)(F)[C@H](n2ccc(=O)[nH]c2=O)O1)Oc1ccccc1. The Kier molecular flexibility index (Phi) is 11.0. The maximum absolute atomic E-state index is 14.2. The first-order valence-corrected chi connectivity index (χ1v) is 12.1. The number of nitrogens with one attached hydrogen (secondary N) is 1. The van der Waals surface area contributed by atoms with Gasteiger partial charge < -0.3 is 18.5 Å². The lowest BCUT2D eigenvalue weighted by atomic mass is 10.1. The highest BCUT2D eigenvalue weighted by Crippen LogP contribution is 2.43. The van der Waals surface area contributed by atoms with E-state index in [2.05, 4.69) is 18.6 Å². The fourth-order valence-electron chi connectivity index (χ4n) is 2.99. The number of nitrogens with zero attached hydrogens (tertiary/aromatic N) is 1. The molecule has 10 nitrogen and oxygen atoms in total. The molecule has 2 aromatic rings. The van der Waals surface area contributed by atoms with Crippen molar-refractivity contribution in [2.24, 2.45) is 11.4 Å². The van der Waals surface area contributed by atoms with Crippen molar-refractivity contribution in [3.05, 3.63) is 63.4 Å². The van der Waals surface area contributed by atoms with Gasteiger partial charge in [-0.05, 0) is 24.5 Å². The van der Waals surface area contributed by atoms with Gasteiger partial charge in [-0.15, -0.1) is 0 Å². The Hall–Kier alpha value is -2.66. The highest BCUT2D eigenvalue weighted by atomic mass is 31.2. The van der Waals surface area contributed by atoms with Crippen LogP contribution in [0.15, 0.2) is 52.2 Å². The van der Waals surface area contributed by atoms with Crippen molar-refractivity contribution in [3.8, 4) is 5.75 Å². The molecular formula is C22H30F2N3O7P. The number of benzene rings is 1. The molecule has 0 amide bonds. The first-order chi connectivity index (χ1) is 16.5. The van der Waals surface area contributed by atoms with Crippen molar-refractivity contribution in [2.75, 3.05) is 13.7 Å². The number of rotatable bonds is 9. The van der Waals surface area contributed by atoms with Crippen LogP contribution in [-0.4, -0.2) is 41.3 Å². The van der Waals surface area contributed by atoms with Gasteiger partial charge in [0.1, 0.15) is 5.75 Å². The van der Waals surface area contributed by atoms with Crippen LogP contribution in [0.4, 0.5) is 8.78 Å². The second kappa shape index (κ2) is 13.4. The predicted octanol–water partition coefficient (Wildman–Crippen LogP) is 3.34. The van der Waals surface area contributed by atoms with Gasteiger partial charge in [0.15, 0.2) is 0 Å². The number of hydrogen-bond acceptors (Lipinski definition) is 8. The van der Waals surface area contributed by atoms with E-state index in [0.29, 0.717) is 22.7 Å². The Balaban J connectivity index is 0.000000410. The van der Waals surface area contributed by atoms with Gasteiger partial charge in [0, 0.05) is 25.1 Å². The van der Waals surface area contributed by atoms with Gasteiger partial charge in [0.25, 0.3) is 11.5 Å². The molecule has 1 aromatic heterocycles. The number of halogens is 2. The molecule has 1 fully saturated rings. The first-order valence-electron chi connectivity index (χ1n) is 10.8. The highest BCUT2D eigenvalue weighted by Gasteiger charge is 2.52. The van der Waals surface area contributed by atoms with E-state index in [9.17, 15) is 23.2 Å². The molecule has 1 aromatic carbocycles. The van der Waals surface area contributed by atoms with E-state index in [1.165, 1.54) is 7.11 Å². The summed E-state index contributed by atoms with van der Waals surface area (Å²) in [7, 11) is -0.405. The second-order valence-electron chi connectivity index (χ2n) is 8.09. The standard InChI is InChI=1S/C15H16F2N3O5P.C7H14O2/c16-15(17)8-11(9-23-26(18)25-10-4-2-1-3-5-10)24-13(15)20-7-6-12(21)19-14(20)22;1-6(2)4-5-7(8)9-3/h1-7,11,13H,8-9,18H2,(H,19,21,22);6H,4-5H2,1-3H3/t11-,13+,26?;/m0./s1. The molecule has 2 heterocycles. The fraction of sp³-hybridized carbons (Fsp3) is 0.500. The van der Waals surface area contributed by atoms with Crippen LogP contribution in [0.5, 0.6) is 5.75 Å². The Morgan fingerprint density at radius 1 is 1.29 bits per heavy atom. The zero-order valence-corrected chi connectivity index (χ0v) is 20.6. The molecule has 194 valence electrons. The highest BCUT2D eigenvalue weighted by molar-refractivity contribution is 7.44. The molecule has 1 saturated heterocycles. The molecule has 1 unspecified atom stereocenters. The third-order valence-corrected chi connectivity index (χ3v) is 5.56. The number of carbonyl (C=O) groups is 1. The van der Waals surface area contributed by atoms with Crippen LogP contribution in [0.2, 0.25) is 0 Å². The van der Waals surface area contributed by atoms with Gasteiger partial charge in [0.05, 0.1) is 19.8 Å². The maximum atomic E-state index is 14.2. The van der Waals surface area contributed by atoms with Crippen LogP contribution < -0.4 is 21.3 Å². The quantitative estimate of drug-likeness (QED) is 0.382. The van der Waals surface area contributed by atoms with Crippen LogP contribution >= 0.6 is 8.53 Å². The molecular weight excluding hydrogens is 487 g/mol. The van der Waals surface area contributed by atoms with Crippen molar-refractivity contribution >= 4 is 14.5 Å². The molecule has 0 radical (unpaired) electrons. The zero-order chi connectivity index (χ0) is 26.0. The molecule has 1 aliphatic heterocycles. The van der Waals surface area contributed by atoms with E-state index in [1.54, 1.807) is 30.3 Å². The summed E-state index contributed by atoms with van der Waals surface area (Å²) in [6, 6.07) is 9.66. The van der Waals surface area contributed by atoms with Crippen molar-refractivity contribution in [3.63, 3.8) is 0 Å². The van der Waals surface area contributed by atoms with Gasteiger partial charge in [-0.1, -0.05) is 32.0 Å². The number of aromatic amines is 1. The van der Waals surface area contributed by atoms with Crippen LogP contribution in [0.25, 0.3) is 0 Å². The van der Waals surface area contributed by atoms with E-state index >= 15 is 0 Å². The topological polar surface area (TPSA) is 135 Å². The third-order valence-electron chi connectivity index (χ3n) is 4.77. The first kappa shape index (κ1) is 28.6. The van der Waals surface area contributed by atoms with Crippen molar-refractivity contribution in [1.29, 1.82) is 0 Å². The lowest BCUT2D eigenvalue weighted by molar-refractivity contribution is -0.140. The minimum Gasteiger partial charge on any atom is -0.469 e. The Labute approximate surface area is 202 Å². The summed E-state index contributed by atoms with van der Waals surface area (Å²) < 4.78 is 49.4. The van der Waals surface area contributed by atoms with E-state index in [0.717, 1.165) is 18.7 Å². The van der Waals surface area contributed by atoms with Crippen LogP contribution in [-0.2, 0) is 18.8 Å². The number of alkyl halides is 2. The summed E-state index contributed by atoms with van der Waals surface area (Å²) in [5.41, 5.74) is 4.06. The molecule has 0 bridgehead atoms. The Morgan fingerprint density at radius 3 is 2.57 bits per heavy atom. The largest absolute Gasteiger partial charge is 0.469 e. The van der Waals surface area contributed by atoms with Crippen molar-refractivity contribution in [2.45, 2.75) is 51.4 Å². The molecule has 3 N–H and O–H groups in total. The lowest BCUT2D eigenvalue weighted by Crippen LogP contribution is -2.37. The average Bonchev–Trinajstić information content (AvgIpc) is 3.11. The second-order valence-corrected chi connectivity index (χ2v) is 9.10. The van der Waals surface area contributed by atoms with Crippen LogP contribution in [0.3, 0.4) is 0 Å². The lowest BCUT2D eigenvalue weighted by Gasteiger charge is -2.19. The molecule has 0 saturated carbocycles. The summed E-state index contributed by atoms with van der Waals surface area (Å²) in [6.07, 6.45) is -1.03. The monoisotopic (exact) mass is 517 g/mol. The fourth-order valence-corrected chi connectivity index (χ4v) is 3.69. The summed E-state index contributed by atoms with van der Waals surface area (Å²) in [4.78, 5) is 35.2. The summed E-state index contributed by atoms with van der Waals surface area (Å²) >= 11 is 0. The normalized spacial score (nSPS) is 19.5. The molecule has 3 atom stereocenters. The number of para-hydroxylation sites is 1. The van der Waals surface area contributed by atoms with Gasteiger partial charge in [-0.2, -0.15) is 0 Å². The number of ether oxygens (including phenoxy) is 2. The molecule has 0 spiro atoms. The van der Waals surface area contributed by atoms with Gasteiger partial charge >= 0.3 is 20.2 Å². The van der Waals surface area contributed by atoms with Crippen LogP contribution in [0, 0.1) is 5.92 Å². The van der Waals surface area contributed by atoms with E-state index in [1.807, 2.05) is 4.98 Å². The number of methoxy groups -OCH3 is 1. The minimum absolute atomic E-state index is 0.108. The number of aromatic nitrogens is 2. The summed E-state index contributed by atoms with van der Waals surface area (Å²) in [6.45, 7) is 3.95.